The fourth-order valence-corrected chi connectivity index (χ4v) is 2.53. The van der Waals surface area contributed by atoms with E-state index < -0.39 is 5.97 Å². The van der Waals surface area contributed by atoms with E-state index in [1.807, 2.05) is 13.8 Å². The van der Waals surface area contributed by atoms with Gasteiger partial charge in [-0.3, -0.25) is 9.59 Å². The SMILES string of the molecule is CCOc1ccc(C(=O)c2c(Cl)cc(C)cc2OC(C)=O)cc1. The maximum absolute atomic E-state index is 12.7. The normalized spacial score (nSPS) is 10.3. The molecule has 0 saturated heterocycles. The fourth-order valence-electron chi connectivity index (χ4n) is 2.18. The van der Waals surface area contributed by atoms with Gasteiger partial charge in [-0.05, 0) is 55.8 Å². The highest BCUT2D eigenvalue weighted by Crippen LogP contribution is 2.31. The zero-order chi connectivity index (χ0) is 17.0. The van der Waals surface area contributed by atoms with Crippen LogP contribution >= 0.6 is 11.6 Å². The highest BCUT2D eigenvalue weighted by Gasteiger charge is 2.20. The molecule has 2 rings (SSSR count). The van der Waals surface area contributed by atoms with Crippen molar-refractivity contribution in [1.82, 2.24) is 0 Å². The first-order valence-electron chi connectivity index (χ1n) is 7.18. The first kappa shape index (κ1) is 17.0. The van der Waals surface area contributed by atoms with Gasteiger partial charge in [-0.1, -0.05) is 11.6 Å². The minimum atomic E-state index is -0.507. The third kappa shape index (κ3) is 4.11. The molecule has 23 heavy (non-hydrogen) atoms. The van der Waals surface area contributed by atoms with Gasteiger partial charge in [0, 0.05) is 12.5 Å². The minimum absolute atomic E-state index is 0.168. The second-order valence-corrected chi connectivity index (χ2v) is 5.41. The van der Waals surface area contributed by atoms with Crippen LogP contribution in [0.15, 0.2) is 36.4 Å². The summed E-state index contributed by atoms with van der Waals surface area (Å²) in [4.78, 5) is 24.0. The van der Waals surface area contributed by atoms with E-state index >= 15 is 0 Å². The molecule has 0 aliphatic carbocycles. The third-order valence-corrected chi connectivity index (χ3v) is 3.40. The molecule has 0 heterocycles. The van der Waals surface area contributed by atoms with E-state index in [1.165, 1.54) is 6.92 Å². The van der Waals surface area contributed by atoms with Crippen LogP contribution in [0.25, 0.3) is 0 Å². The Balaban J connectivity index is 2.43. The number of ether oxygens (including phenoxy) is 2. The molecule has 0 radical (unpaired) electrons. The molecule has 5 heteroatoms. The summed E-state index contributed by atoms with van der Waals surface area (Å²) in [7, 11) is 0. The topological polar surface area (TPSA) is 52.6 Å². The number of halogens is 1. The molecular weight excluding hydrogens is 316 g/mol. The van der Waals surface area contributed by atoms with Gasteiger partial charge >= 0.3 is 5.97 Å². The molecule has 2 aromatic rings. The van der Waals surface area contributed by atoms with Crippen LogP contribution in [0.4, 0.5) is 0 Å². The van der Waals surface area contributed by atoms with Crippen molar-refractivity contribution in [2.75, 3.05) is 6.61 Å². The number of carbonyl (C=O) groups excluding carboxylic acids is 2. The lowest BCUT2D eigenvalue weighted by Crippen LogP contribution is -2.10. The molecule has 0 atom stereocenters. The summed E-state index contributed by atoms with van der Waals surface area (Å²) in [5, 5.41) is 0.250. The lowest BCUT2D eigenvalue weighted by molar-refractivity contribution is -0.131. The summed E-state index contributed by atoms with van der Waals surface area (Å²) >= 11 is 6.21. The van der Waals surface area contributed by atoms with Gasteiger partial charge in [0.2, 0.25) is 0 Å². The number of hydrogen-bond donors (Lipinski definition) is 0. The highest BCUT2D eigenvalue weighted by molar-refractivity contribution is 6.35. The first-order chi connectivity index (χ1) is 10.9. The minimum Gasteiger partial charge on any atom is -0.494 e. The van der Waals surface area contributed by atoms with E-state index in [9.17, 15) is 9.59 Å². The average Bonchev–Trinajstić information content (AvgIpc) is 2.46. The van der Waals surface area contributed by atoms with Gasteiger partial charge in [0.15, 0.2) is 5.78 Å². The number of rotatable bonds is 5. The Bertz CT molecular complexity index is 735. The maximum atomic E-state index is 12.7. The van der Waals surface area contributed by atoms with E-state index in [0.717, 1.165) is 5.56 Å². The Morgan fingerprint density at radius 2 is 1.78 bits per heavy atom. The van der Waals surface area contributed by atoms with E-state index in [-0.39, 0.29) is 22.1 Å². The van der Waals surface area contributed by atoms with Gasteiger partial charge in [0.25, 0.3) is 0 Å². The molecule has 0 amide bonds. The Hall–Kier alpha value is -2.33. The monoisotopic (exact) mass is 332 g/mol. The van der Waals surface area contributed by atoms with E-state index in [0.29, 0.717) is 17.9 Å². The standard InChI is InChI=1S/C18H17ClO4/c1-4-22-14-7-5-13(6-8-14)18(21)17-15(19)9-11(2)10-16(17)23-12(3)20/h5-10H,4H2,1-3H3. The van der Waals surface area contributed by atoms with Crippen LogP contribution in [0, 0.1) is 6.92 Å². The van der Waals surface area contributed by atoms with Crippen LogP contribution in [-0.4, -0.2) is 18.4 Å². The molecule has 0 aliphatic rings. The predicted octanol–water partition coefficient (Wildman–Crippen LogP) is 4.20. The smallest absolute Gasteiger partial charge is 0.308 e. The fraction of sp³-hybridized carbons (Fsp3) is 0.222. The van der Waals surface area contributed by atoms with E-state index in [1.54, 1.807) is 36.4 Å². The van der Waals surface area contributed by atoms with Gasteiger partial charge in [-0.25, -0.2) is 0 Å². The molecule has 0 spiro atoms. The Kier molecular flexibility index (Phi) is 5.40. The highest BCUT2D eigenvalue weighted by atomic mass is 35.5. The number of hydrogen-bond acceptors (Lipinski definition) is 4. The van der Waals surface area contributed by atoms with Crippen molar-refractivity contribution in [2.24, 2.45) is 0 Å². The van der Waals surface area contributed by atoms with Gasteiger partial charge in [-0.15, -0.1) is 0 Å². The molecule has 0 saturated carbocycles. The van der Waals surface area contributed by atoms with Crippen molar-refractivity contribution in [3.05, 3.63) is 58.1 Å². The Morgan fingerprint density at radius 1 is 1.13 bits per heavy atom. The van der Waals surface area contributed by atoms with Gasteiger partial charge in [-0.2, -0.15) is 0 Å². The number of benzene rings is 2. The average molecular weight is 333 g/mol. The van der Waals surface area contributed by atoms with Crippen LogP contribution in [-0.2, 0) is 4.79 Å². The summed E-state index contributed by atoms with van der Waals surface area (Å²) in [6.07, 6.45) is 0. The van der Waals surface area contributed by atoms with Crippen molar-refractivity contribution < 1.29 is 19.1 Å². The van der Waals surface area contributed by atoms with Crippen LogP contribution < -0.4 is 9.47 Å². The lowest BCUT2D eigenvalue weighted by Gasteiger charge is -2.12. The number of esters is 1. The Morgan fingerprint density at radius 3 is 2.35 bits per heavy atom. The molecule has 0 aromatic heterocycles. The molecule has 0 fully saturated rings. The molecule has 0 N–H and O–H groups in total. The van der Waals surface area contributed by atoms with Gasteiger partial charge in [0.1, 0.15) is 11.5 Å². The molecule has 0 bridgehead atoms. The molecule has 120 valence electrons. The van der Waals surface area contributed by atoms with Gasteiger partial charge < -0.3 is 9.47 Å². The van der Waals surface area contributed by atoms with Crippen LogP contribution in [0.2, 0.25) is 5.02 Å². The quantitative estimate of drug-likeness (QED) is 0.467. The second kappa shape index (κ2) is 7.29. The zero-order valence-electron chi connectivity index (χ0n) is 13.2. The van der Waals surface area contributed by atoms with Crippen molar-refractivity contribution in [2.45, 2.75) is 20.8 Å². The van der Waals surface area contributed by atoms with E-state index in [2.05, 4.69) is 0 Å². The number of carbonyl (C=O) groups is 2. The molecule has 4 nitrogen and oxygen atoms in total. The zero-order valence-corrected chi connectivity index (χ0v) is 13.9. The van der Waals surface area contributed by atoms with Crippen LogP contribution in [0.3, 0.4) is 0 Å². The third-order valence-electron chi connectivity index (χ3n) is 3.11. The lowest BCUT2D eigenvalue weighted by atomic mass is 10.0. The molecule has 0 unspecified atom stereocenters. The van der Waals surface area contributed by atoms with E-state index in [4.69, 9.17) is 21.1 Å². The summed E-state index contributed by atoms with van der Waals surface area (Å²) < 4.78 is 10.5. The number of ketones is 1. The molecular formula is C18H17ClO4. The van der Waals surface area contributed by atoms with Crippen molar-refractivity contribution >= 4 is 23.4 Å². The largest absolute Gasteiger partial charge is 0.494 e. The summed E-state index contributed by atoms with van der Waals surface area (Å²) in [6.45, 7) is 5.52. The summed E-state index contributed by atoms with van der Waals surface area (Å²) in [5.74, 6) is 0.0300. The van der Waals surface area contributed by atoms with Gasteiger partial charge in [0.05, 0.1) is 17.2 Å². The van der Waals surface area contributed by atoms with Crippen molar-refractivity contribution in [1.29, 1.82) is 0 Å². The van der Waals surface area contributed by atoms with Crippen molar-refractivity contribution in [3.63, 3.8) is 0 Å². The Labute approximate surface area is 140 Å². The predicted molar refractivity (Wildman–Crippen MR) is 88.5 cm³/mol. The van der Waals surface area contributed by atoms with Crippen LogP contribution in [0.5, 0.6) is 11.5 Å². The van der Waals surface area contributed by atoms with Crippen molar-refractivity contribution in [3.8, 4) is 11.5 Å². The number of aryl methyl sites for hydroxylation is 1. The second-order valence-electron chi connectivity index (χ2n) is 5.00. The molecule has 2 aromatic carbocycles. The summed E-state index contributed by atoms with van der Waals surface area (Å²) in [5.41, 5.74) is 1.42. The first-order valence-corrected chi connectivity index (χ1v) is 7.56. The summed E-state index contributed by atoms with van der Waals surface area (Å²) in [6, 6.07) is 10.0. The maximum Gasteiger partial charge on any atom is 0.308 e. The molecule has 0 aliphatic heterocycles. The van der Waals surface area contributed by atoms with Crippen LogP contribution in [0.1, 0.15) is 35.3 Å².